The molecule has 0 N–H and O–H groups in total. The van der Waals surface area contributed by atoms with Gasteiger partial charge in [-0.05, 0) is 48.2 Å². The first-order valence-corrected chi connectivity index (χ1v) is 8.73. The molecule has 0 aliphatic heterocycles. The maximum absolute atomic E-state index is 5.81. The molecule has 1 atom stereocenters. The minimum absolute atomic E-state index is 0.429. The van der Waals surface area contributed by atoms with Crippen LogP contribution in [0, 0.1) is 0 Å². The number of methoxy groups -OCH3 is 1. The summed E-state index contributed by atoms with van der Waals surface area (Å²) in [5.41, 5.74) is 1.31. The predicted molar refractivity (Wildman–Crippen MR) is 93.8 cm³/mol. The second-order valence-electron chi connectivity index (χ2n) is 4.69. The number of rotatable bonds is 7. The minimum Gasteiger partial charge on any atom is -0.497 e. The van der Waals surface area contributed by atoms with Gasteiger partial charge in [-0.25, -0.2) is 0 Å². The molecule has 0 saturated carbocycles. The van der Waals surface area contributed by atoms with Crippen LogP contribution < -0.4 is 9.47 Å². The van der Waals surface area contributed by atoms with Crippen molar-refractivity contribution in [2.24, 2.45) is 0 Å². The molecule has 0 aliphatic rings. The molecule has 4 heteroatoms. The van der Waals surface area contributed by atoms with Gasteiger partial charge in [-0.3, -0.25) is 0 Å². The molecule has 0 spiro atoms. The summed E-state index contributed by atoms with van der Waals surface area (Å²) < 4.78 is 12.1. The van der Waals surface area contributed by atoms with E-state index in [-0.39, 0.29) is 0 Å². The summed E-state index contributed by atoms with van der Waals surface area (Å²) in [6, 6.07) is 16.0. The second kappa shape index (κ2) is 8.44. The highest BCUT2D eigenvalue weighted by Gasteiger charge is 2.13. The average molecular weight is 414 g/mol. The van der Waals surface area contributed by atoms with Crippen LogP contribution in [0.15, 0.2) is 53.0 Å². The van der Waals surface area contributed by atoms with Crippen LogP contribution in [-0.4, -0.2) is 19.0 Å². The van der Waals surface area contributed by atoms with E-state index in [9.17, 15) is 0 Å². The number of benzene rings is 2. The van der Waals surface area contributed by atoms with Gasteiger partial charge in [0.2, 0.25) is 0 Å². The van der Waals surface area contributed by atoms with Crippen molar-refractivity contribution in [2.75, 3.05) is 19.0 Å². The molecule has 0 fully saturated rings. The van der Waals surface area contributed by atoms with Crippen LogP contribution >= 0.6 is 31.9 Å². The summed E-state index contributed by atoms with van der Waals surface area (Å²) in [5.74, 6) is 2.14. The quantitative estimate of drug-likeness (QED) is 0.565. The molecule has 0 heterocycles. The molecule has 1 unspecified atom stereocenters. The Balaban J connectivity index is 1.90. The Labute approximate surface area is 142 Å². The molecule has 0 radical (unpaired) electrons. The van der Waals surface area contributed by atoms with Gasteiger partial charge in [0.05, 0.1) is 13.7 Å². The summed E-state index contributed by atoms with van der Waals surface area (Å²) in [7, 11) is 1.66. The third kappa shape index (κ3) is 4.75. The van der Waals surface area contributed by atoms with Gasteiger partial charge >= 0.3 is 0 Å². The van der Waals surface area contributed by atoms with Crippen molar-refractivity contribution in [3.63, 3.8) is 0 Å². The lowest BCUT2D eigenvalue weighted by Crippen LogP contribution is -2.07. The smallest absolute Gasteiger partial charge is 0.119 e. The second-order valence-corrected chi connectivity index (χ2v) is 6.19. The summed E-state index contributed by atoms with van der Waals surface area (Å²) in [6.45, 7) is 0.684. The van der Waals surface area contributed by atoms with E-state index in [0.29, 0.717) is 12.5 Å². The fraction of sp³-hybridized carbons (Fsp3) is 0.294. The Morgan fingerprint density at radius 2 is 1.67 bits per heavy atom. The van der Waals surface area contributed by atoms with E-state index in [1.807, 2.05) is 30.3 Å². The van der Waals surface area contributed by atoms with E-state index in [2.05, 4.69) is 50.1 Å². The van der Waals surface area contributed by atoms with E-state index in [4.69, 9.17) is 9.47 Å². The first-order valence-electron chi connectivity index (χ1n) is 6.82. The molecular formula is C17H18Br2O2. The number of ether oxygens (including phenoxy) is 2. The molecule has 0 bridgehead atoms. The number of alkyl halides is 1. The monoisotopic (exact) mass is 412 g/mol. The zero-order valence-corrected chi connectivity index (χ0v) is 15.1. The first-order chi connectivity index (χ1) is 10.2. The van der Waals surface area contributed by atoms with Crippen molar-refractivity contribution in [3.05, 3.63) is 58.6 Å². The van der Waals surface area contributed by atoms with E-state index in [0.717, 1.165) is 27.7 Å². The topological polar surface area (TPSA) is 18.5 Å². The highest BCUT2D eigenvalue weighted by Crippen LogP contribution is 2.29. The average Bonchev–Trinajstić information content (AvgIpc) is 2.53. The van der Waals surface area contributed by atoms with Gasteiger partial charge < -0.3 is 9.47 Å². The number of hydrogen-bond acceptors (Lipinski definition) is 2. The van der Waals surface area contributed by atoms with Gasteiger partial charge in [-0.15, -0.1) is 0 Å². The van der Waals surface area contributed by atoms with Crippen molar-refractivity contribution >= 4 is 31.9 Å². The summed E-state index contributed by atoms with van der Waals surface area (Å²) in [5, 5.41) is 0.918. The highest BCUT2D eigenvalue weighted by molar-refractivity contribution is 9.10. The van der Waals surface area contributed by atoms with E-state index in [1.54, 1.807) is 7.11 Å². The van der Waals surface area contributed by atoms with Crippen molar-refractivity contribution < 1.29 is 9.47 Å². The lowest BCUT2D eigenvalue weighted by Gasteiger charge is -2.16. The molecule has 112 valence electrons. The minimum atomic E-state index is 0.429. The van der Waals surface area contributed by atoms with E-state index in [1.165, 1.54) is 5.56 Å². The van der Waals surface area contributed by atoms with E-state index >= 15 is 0 Å². The molecule has 2 rings (SSSR count). The SMILES string of the molecule is COc1ccc(OCCC(CBr)c2ccccc2Br)cc1. The van der Waals surface area contributed by atoms with Crippen LogP contribution in [0.2, 0.25) is 0 Å². The maximum Gasteiger partial charge on any atom is 0.119 e. The largest absolute Gasteiger partial charge is 0.497 e. The Bertz CT molecular complexity index is 555. The number of hydrogen-bond donors (Lipinski definition) is 0. The van der Waals surface area contributed by atoms with E-state index < -0.39 is 0 Å². The third-order valence-electron chi connectivity index (χ3n) is 3.33. The standard InChI is InChI=1S/C17H18Br2O2/c1-20-14-6-8-15(9-7-14)21-11-10-13(12-18)16-4-2-3-5-17(16)19/h2-9,13H,10-12H2,1H3. The first kappa shape index (κ1) is 16.4. The van der Waals surface area contributed by atoms with Crippen LogP contribution in [0.1, 0.15) is 17.9 Å². The van der Waals surface area contributed by atoms with Crippen molar-refractivity contribution in [1.82, 2.24) is 0 Å². The van der Waals surface area contributed by atoms with Gasteiger partial charge in [-0.1, -0.05) is 50.1 Å². The van der Waals surface area contributed by atoms with Crippen molar-refractivity contribution in [1.29, 1.82) is 0 Å². The maximum atomic E-state index is 5.81. The lowest BCUT2D eigenvalue weighted by molar-refractivity contribution is 0.301. The molecule has 0 saturated heterocycles. The van der Waals surface area contributed by atoms with Crippen LogP contribution in [0.25, 0.3) is 0 Å². The summed E-state index contributed by atoms with van der Waals surface area (Å²) >= 11 is 7.21. The van der Waals surface area contributed by atoms with Crippen LogP contribution in [-0.2, 0) is 0 Å². The Hall–Kier alpha value is -1.00. The summed E-state index contributed by atoms with van der Waals surface area (Å²) in [6.07, 6.45) is 0.958. The van der Waals surface area contributed by atoms with Crippen molar-refractivity contribution in [3.8, 4) is 11.5 Å². The molecular weight excluding hydrogens is 396 g/mol. The summed E-state index contributed by atoms with van der Waals surface area (Å²) in [4.78, 5) is 0. The fourth-order valence-corrected chi connectivity index (χ4v) is 3.39. The molecule has 2 nitrogen and oxygen atoms in total. The normalized spacial score (nSPS) is 12.0. The highest BCUT2D eigenvalue weighted by atomic mass is 79.9. The third-order valence-corrected chi connectivity index (χ3v) is 4.83. The zero-order chi connectivity index (χ0) is 15.1. The predicted octanol–water partition coefficient (Wildman–Crippen LogP) is 5.41. The lowest BCUT2D eigenvalue weighted by atomic mass is 9.98. The van der Waals surface area contributed by atoms with Gasteiger partial charge in [0.25, 0.3) is 0 Å². The van der Waals surface area contributed by atoms with Crippen LogP contribution in [0.4, 0.5) is 0 Å². The Kier molecular flexibility index (Phi) is 6.58. The molecule has 2 aromatic rings. The Morgan fingerprint density at radius 1 is 1.00 bits per heavy atom. The van der Waals surface area contributed by atoms with Crippen LogP contribution in [0.5, 0.6) is 11.5 Å². The van der Waals surface area contributed by atoms with Gasteiger partial charge in [0.15, 0.2) is 0 Å². The van der Waals surface area contributed by atoms with Crippen molar-refractivity contribution in [2.45, 2.75) is 12.3 Å². The fourth-order valence-electron chi connectivity index (χ4n) is 2.11. The number of halogens is 2. The van der Waals surface area contributed by atoms with Gasteiger partial charge in [-0.2, -0.15) is 0 Å². The molecule has 0 amide bonds. The zero-order valence-electron chi connectivity index (χ0n) is 11.9. The molecule has 0 aromatic heterocycles. The van der Waals surface area contributed by atoms with Crippen LogP contribution in [0.3, 0.4) is 0 Å². The molecule has 21 heavy (non-hydrogen) atoms. The molecule has 0 aliphatic carbocycles. The Morgan fingerprint density at radius 3 is 2.29 bits per heavy atom. The van der Waals surface area contributed by atoms with Gasteiger partial charge in [0, 0.05) is 9.80 Å². The molecule has 2 aromatic carbocycles. The van der Waals surface area contributed by atoms with Gasteiger partial charge in [0.1, 0.15) is 11.5 Å².